The zero-order valence-corrected chi connectivity index (χ0v) is 20.3. The minimum absolute atomic E-state index is 0.196. The van der Waals surface area contributed by atoms with E-state index in [9.17, 15) is 4.79 Å². The molecule has 37 heavy (non-hydrogen) atoms. The number of nitrogens with one attached hydrogen (secondary N) is 2. The van der Waals surface area contributed by atoms with Crippen molar-refractivity contribution in [1.82, 2.24) is 14.8 Å². The van der Waals surface area contributed by atoms with Gasteiger partial charge in [0, 0.05) is 11.4 Å². The Morgan fingerprint density at radius 3 is 2.54 bits per heavy atom. The number of para-hydroxylation sites is 1. The maximum absolute atomic E-state index is 13.4. The van der Waals surface area contributed by atoms with Crippen LogP contribution in [0, 0.1) is 0 Å². The Labute approximate surface area is 214 Å². The van der Waals surface area contributed by atoms with E-state index in [4.69, 9.17) is 4.74 Å². The molecule has 5 aromatic rings. The molecule has 1 amide bonds. The highest BCUT2D eigenvalue weighted by Crippen LogP contribution is 2.36. The summed E-state index contributed by atoms with van der Waals surface area (Å²) >= 11 is 0. The number of rotatable bonds is 6. The number of allylic oxidation sites excluding steroid dienone is 1. The fourth-order valence-corrected chi connectivity index (χ4v) is 4.74. The van der Waals surface area contributed by atoms with Gasteiger partial charge < -0.3 is 15.4 Å². The quantitative estimate of drug-likeness (QED) is 0.310. The molecule has 0 saturated heterocycles. The topological polar surface area (TPSA) is 81.1 Å². The first-order chi connectivity index (χ1) is 18.2. The molecular weight excluding hydrogens is 462 g/mol. The highest BCUT2D eigenvalue weighted by molar-refractivity contribution is 6.06. The van der Waals surface area contributed by atoms with Crippen molar-refractivity contribution in [3.05, 3.63) is 126 Å². The van der Waals surface area contributed by atoms with Gasteiger partial charge in [-0.3, -0.25) is 4.79 Å². The lowest BCUT2D eigenvalue weighted by molar-refractivity contribution is -0.113. The van der Waals surface area contributed by atoms with Crippen LogP contribution >= 0.6 is 0 Å². The van der Waals surface area contributed by atoms with Gasteiger partial charge in [-0.2, -0.15) is 10.1 Å². The van der Waals surface area contributed by atoms with Crippen LogP contribution in [0.4, 0.5) is 11.6 Å². The summed E-state index contributed by atoms with van der Waals surface area (Å²) in [5.41, 5.74) is 4.07. The summed E-state index contributed by atoms with van der Waals surface area (Å²) in [6.07, 6.45) is 1.49. The number of aromatic nitrogens is 3. The summed E-state index contributed by atoms with van der Waals surface area (Å²) in [4.78, 5) is 17.7. The van der Waals surface area contributed by atoms with E-state index in [1.807, 2.05) is 79.7 Å². The van der Waals surface area contributed by atoms with Gasteiger partial charge in [-0.25, -0.2) is 4.68 Å². The van der Waals surface area contributed by atoms with Gasteiger partial charge in [0.1, 0.15) is 24.7 Å². The molecule has 182 valence electrons. The molecule has 0 radical (unpaired) electrons. The summed E-state index contributed by atoms with van der Waals surface area (Å²) in [7, 11) is 0. The highest BCUT2D eigenvalue weighted by atomic mass is 16.5. The molecule has 1 atom stereocenters. The van der Waals surface area contributed by atoms with Crippen LogP contribution in [0.15, 0.2) is 115 Å². The molecule has 2 heterocycles. The summed E-state index contributed by atoms with van der Waals surface area (Å²) in [5.74, 6) is 1.15. The predicted molar refractivity (Wildman–Crippen MR) is 144 cm³/mol. The second-order valence-electron chi connectivity index (χ2n) is 8.91. The van der Waals surface area contributed by atoms with Crippen molar-refractivity contribution in [3.8, 4) is 5.75 Å². The first kappa shape index (κ1) is 22.5. The van der Waals surface area contributed by atoms with Gasteiger partial charge in [-0.05, 0) is 53.1 Å². The molecule has 0 saturated carbocycles. The third-order valence-electron chi connectivity index (χ3n) is 6.54. The number of amides is 1. The zero-order valence-electron chi connectivity index (χ0n) is 20.3. The van der Waals surface area contributed by atoms with Crippen molar-refractivity contribution >= 4 is 28.3 Å². The SMILES string of the molecule is CC1=C(C(=O)Nc2ccccc2)[C@@H](c2ccc(OCc3cccc4ccccc34)cc2)n2ncnc2N1. The van der Waals surface area contributed by atoms with Crippen molar-refractivity contribution < 1.29 is 9.53 Å². The summed E-state index contributed by atoms with van der Waals surface area (Å²) in [6, 6.07) is 31.3. The normalized spacial score (nSPS) is 14.7. The number of hydrogen-bond donors (Lipinski definition) is 2. The average Bonchev–Trinajstić information content (AvgIpc) is 3.40. The molecular formula is C30H25N5O2. The van der Waals surface area contributed by atoms with Crippen molar-refractivity contribution in [2.75, 3.05) is 10.6 Å². The monoisotopic (exact) mass is 487 g/mol. The first-order valence-electron chi connectivity index (χ1n) is 12.1. The van der Waals surface area contributed by atoms with Crippen LogP contribution in [0.2, 0.25) is 0 Å². The summed E-state index contributed by atoms with van der Waals surface area (Å²) in [5, 5.41) is 13.0. The number of nitrogens with zero attached hydrogens (tertiary/aromatic N) is 3. The molecule has 0 spiro atoms. The molecule has 0 unspecified atom stereocenters. The molecule has 0 fully saturated rings. The minimum Gasteiger partial charge on any atom is -0.489 e. The summed E-state index contributed by atoms with van der Waals surface area (Å²) < 4.78 is 7.87. The Kier molecular flexibility index (Phi) is 5.86. The van der Waals surface area contributed by atoms with Crippen molar-refractivity contribution in [1.29, 1.82) is 0 Å². The van der Waals surface area contributed by atoms with Crippen molar-refractivity contribution in [3.63, 3.8) is 0 Å². The van der Waals surface area contributed by atoms with E-state index in [0.29, 0.717) is 18.1 Å². The molecule has 0 bridgehead atoms. The third-order valence-corrected chi connectivity index (χ3v) is 6.54. The molecule has 7 nitrogen and oxygen atoms in total. The van der Waals surface area contributed by atoms with Gasteiger partial charge in [-0.15, -0.1) is 0 Å². The largest absolute Gasteiger partial charge is 0.489 e. The number of carbonyl (C=O) groups excluding carboxylic acids is 1. The average molecular weight is 488 g/mol. The van der Waals surface area contributed by atoms with Gasteiger partial charge in [0.2, 0.25) is 5.95 Å². The van der Waals surface area contributed by atoms with E-state index in [1.165, 1.54) is 17.1 Å². The van der Waals surface area contributed by atoms with Crippen LogP contribution < -0.4 is 15.4 Å². The van der Waals surface area contributed by atoms with Crippen LogP contribution in [-0.2, 0) is 11.4 Å². The number of anilines is 2. The Morgan fingerprint density at radius 1 is 0.946 bits per heavy atom. The number of hydrogen-bond acceptors (Lipinski definition) is 5. The Bertz CT molecular complexity index is 1600. The van der Waals surface area contributed by atoms with Crippen LogP contribution in [0.25, 0.3) is 10.8 Å². The number of benzene rings is 4. The van der Waals surface area contributed by atoms with E-state index in [1.54, 1.807) is 4.68 Å². The maximum Gasteiger partial charge on any atom is 0.255 e. The molecule has 1 aliphatic heterocycles. The lowest BCUT2D eigenvalue weighted by atomic mass is 9.95. The Morgan fingerprint density at radius 2 is 1.70 bits per heavy atom. The van der Waals surface area contributed by atoms with E-state index in [-0.39, 0.29) is 5.91 Å². The summed E-state index contributed by atoms with van der Waals surface area (Å²) in [6.45, 7) is 2.35. The van der Waals surface area contributed by atoms with E-state index in [2.05, 4.69) is 45.0 Å². The van der Waals surface area contributed by atoms with Gasteiger partial charge >= 0.3 is 0 Å². The molecule has 6 rings (SSSR count). The molecule has 1 aliphatic rings. The molecule has 0 aliphatic carbocycles. The molecule has 1 aromatic heterocycles. The smallest absolute Gasteiger partial charge is 0.255 e. The van der Waals surface area contributed by atoms with Crippen molar-refractivity contribution in [2.24, 2.45) is 0 Å². The standard InChI is InChI=1S/C30H25N5O2/c1-20-27(29(36)34-24-11-3-2-4-12-24)28(35-30(33-20)31-19-32-35)22-14-16-25(17-15-22)37-18-23-10-7-9-21-8-5-6-13-26(21)23/h2-17,19,28H,18H2,1H3,(H,34,36)(H,31,32,33)/t28-/m1/s1. The highest BCUT2D eigenvalue weighted by Gasteiger charge is 2.33. The Hall–Kier alpha value is -4.91. The number of fused-ring (bicyclic) bond motifs is 2. The fraction of sp³-hybridized carbons (Fsp3) is 0.100. The number of ether oxygens (including phenoxy) is 1. The van der Waals surface area contributed by atoms with Gasteiger partial charge in [0.25, 0.3) is 5.91 Å². The van der Waals surface area contributed by atoms with Crippen LogP contribution in [-0.4, -0.2) is 20.7 Å². The van der Waals surface area contributed by atoms with E-state index >= 15 is 0 Å². The Balaban J connectivity index is 1.27. The second kappa shape index (κ2) is 9.62. The van der Waals surface area contributed by atoms with Gasteiger partial charge in [0.15, 0.2) is 0 Å². The van der Waals surface area contributed by atoms with Crippen LogP contribution in [0.3, 0.4) is 0 Å². The first-order valence-corrected chi connectivity index (χ1v) is 12.1. The van der Waals surface area contributed by atoms with E-state index in [0.717, 1.165) is 28.3 Å². The molecule has 2 N–H and O–H groups in total. The molecule has 4 aromatic carbocycles. The van der Waals surface area contributed by atoms with Crippen LogP contribution in [0.5, 0.6) is 5.75 Å². The second-order valence-corrected chi connectivity index (χ2v) is 8.91. The van der Waals surface area contributed by atoms with Gasteiger partial charge in [0.05, 0.1) is 5.57 Å². The lowest BCUT2D eigenvalue weighted by Crippen LogP contribution is -2.31. The fourth-order valence-electron chi connectivity index (χ4n) is 4.74. The maximum atomic E-state index is 13.4. The number of carbonyl (C=O) groups is 1. The van der Waals surface area contributed by atoms with Crippen molar-refractivity contribution in [2.45, 2.75) is 19.6 Å². The van der Waals surface area contributed by atoms with E-state index < -0.39 is 6.04 Å². The zero-order chi connectivity index (χ0) is 25.2. The molecule has 7 heteroatoms. The van der Waals surface area contributed by atoms with Gasteiger partial charge in [-0.1, -0.05) is 72.8 Å². The lowest BCUT2D eigenvalue weighted by Gasteiger charge is -2.28. The van der Waals surface area contributed by atoms with Crippen LogP contribution in [0.1, 0.15) is 24.1 Å². The minimum atomic E-state index is -0.436. The predicted octanol–water partition coefficient (Wildman–Crippen LogP) is 5.94. The third kappa shape index (κ3) is 4.43.